The molecule has 3 heterocycles. The summed E-state index contributed by atoms with van der Waals surface area (Å²) in [5.74, 6) is 1.83. The second-order valence-corrected chi connectivity index (χ2v) is 19.9. The predicted molar refractivity (Wildman–Crippen MR) is 281 cm³/mol. The van der Waals surface area contributed by atoms with E-state index < -0.39 is 10.8 Å². The van der Waals surface area contributed by atoms with Gasteiger partial charge in [-0.3, -0.25) is 4.90 Å². The van der Waals surface area contributed by atoms with Gasteiger partial charge in [0.1, 0.15) is 0 Å². The number of fused-ring (bicyclic) bond motifs is 15. The van der Waals surface area contributed by atoms with Crippen molar-refractivity contribution in [3.8, 4) is 45.0 Å². The van der Waals surface area contributed by atoms with Crippen LogP contribution in [-0.2, 0) is 16.2 Å². The molecule has 4 aliphatic rings. The van der Waals surface area contributed by atoms with E-state index in [0.29, 0.717) is 17.6 Å². The molecular weight excluding hydrogens is 839 g/mol. The second-order valence-electron chi connectivity index (χ2n) is 19.9. The van der Waals surface area contributed by atoms with E-state index in [0.717, 1.165) is 39.4 Å². The fourth-order valence-electron chi connectivity index (χ4n) is 12.7. The van der Waals surface area contributed by atoms with Crippen molar-refractivity contribution in [2.45, 2.75) is 43.9 Å². The van der Waals surface area contributed by atoms with Crippen molar-refractivity contribution in [2.24, 2.45) is 0 Å². The summed E-state index contributed by atoms with van der Waals surface area (Å²) in [6, 6.07) is 77.3. The quantitative estimate of drug-likeness (QED) is 0.176. The van der Waals surface area contributed by atoms with Crippen LogP contribution < -0.4 is 9.80 Å². The van der Waals surface area contributed by atoms with Crippen LogP contribution in [0.3, 0.4) is 0 Å². The summed E-state index contributed by atoms with van der Waals surface area (Å²) in [6.07, 6.45) is 0. The van der Waals surface area contributed by atoms with Crippen LogP contribution in [0.25, 0.3) is 45.0 Å². The highest BCUT2D eigenvalue weighted by Crippen LogP contribution is 2.65. The van der Waals surface area contributed by atoms with Crippen molar-refractivity contribution < 1.29 is 0 Å². The molecule has 0 saturated carbocycles. The molecule has 69 heavy (non-hydrogen) atoms. The van der Waals surface area contributed by atoms with Crippen LogP contribution in [0.5, 0.6) is 0 Å². The lowest BCUT2D eigenvalue weighted by Gasteiger charge is -2.48. The van der Waals surface area contributed by atoms with E-state index in [1.165, 1.54) is 66.9 Å². The van der Waals surface area contributed by atoms with E-state index in [4.69, 9.17) is 15.0 Å². The number of nitrogens with zero attached hydrogens (tertiary/aromatic N) is 5. The smallest absolute Gasteiger partial charge is 0.238 e. The molecule has 0 saturated heterocycles. The summed E-state index contributed by atoms with van der Waals surface area (Å²) in [4.78, 5) is 21.6. The third-order valence-electron chi connectivity index (χ3n) is 15.7. The SMILES string of the molecule is CC1(C)c2ccccc2N(c2nc(-c3ccccc3)nc(-c3cccc4c3-c3ccccc3C43c4ccccc4-c4ccccc43)n2)c2c1ccc1c2C(C)(C)c2ccccc2N1c1ccccc1. The Kier molecular flexibility index (Phi) is 8.24. The Bertz CT molecular complexity index is 3710. The minimum Gasteiger partial charge on any atom is -0.310 e. The van der Waals surface area contributed by atoms with Crippen LogP contribution in [-0.4, -0.2) is 15.0 Å². The standard InChI is InChI=1S/C64H47N5/c1-62(2)49-33-17-20-37-54(49)69(58-52(62)38-39-55-57(58)63(3,4)50-34-18-19-36-53(50)68(55)41-24-9-6-10-25-41)61-66-59(40-22-7-5-8-23-40)65-60(67-61)45-29-21-35-51-56(45)44-28-13-16-32-48(44)64(51)46-30-14-11-26-42(46)43-27-12-15-31-47(43)64/h5-39H,1-4H3. The van der Waals surface area contributed by atoms with E-state index in [1.807, 2.05) is 6.07 Å². The second kappa shape index (κ2) is 14.3. The molecule has 5 nitrogen and oxygen atoms in total. The molecule has 0 fully saturated rings. The van der Waals surface area contributed by atoms with Gasteiger partial charge in [0.15, 0.2) is 11.6 Å². The first kappa shape index (κ1) is 39.7. The highest BCUT2D eigenvalue weighted by Gasteiger charge is 2.52. The molecule has 10 aromatic rings. The molecule has 5 heteroatoms. The van der Waals surface area contributed by atoms with Crippen molar-refractivity contribution in [2.75, 3.05) is 9.80 Å². The monoisotopic (exact) mass is 885 g/mol. The van der Waals surface area contributed by atoms with Crippen molar-refractivity contribution in [1.29, 1.82) is 0 Å². The highest BCUT2D eigenvalue weighted by atomic mass is 15.3. The maximum absolute atomic E-state index is 5.76. The van der Waals surface area contributed by atoms with Crippen molar-refractivity contribution >= 4 is 34.4 Å². The zero-order valence-electron chi connectivity index (χ0n) is 38.9. The minimum atomic E-state index is -0.505. The molecule has 2 aliphatic carbocycles. The Morgan fingerprint density at radius 2 is 0.826 bits per heavy atom. The predicted octanol–water partition coefficient (Wildman–Crippen LogP) is 15.8. The number of hydrogen-bond donors (Lipinski definition) is 0. The van der Waals surface area contributed by atoms with Gasteiger partial charge in [0.05, 0.1) is 28.2 Å². The Morgan fingerprint density at radius 1 is 0.333 bits per heavy atom. The number of anilines is 6. The van der Waals surface area contributed by atoms with Gasteiger partial charge in [-0.1, -0.05) is 210 Å². The average molecular weight is 886 g/mol. The minimum absolute atomic E-state index is 0.355. The lowest BCUT2D eigenvalue weighted by atomic mass is 9.67. The van der Waals surface area contributed by atoms with Gasteiger partial charge in [0, 0.05) is 33.2 Å². The molecule has 14 rings (SSSR count). The molecular formula is C64H47N5. The molecule has 0 radical (unpaired) electrons. The molecule has 1 spiro atoms. The molecule has 0 bridgehead atoms. The van der Waals surface area contributed by atoms with Gasteiger partial charge in [0.25, 0.3) is 0 Å². The van der Waals surface area contributed by atoms with E-state index >= 15 is 0 Å². The number of hydrogen-bond acceptors (Lipinski definition) is 5. The summed E-state index contributed by atoms with van der Waals surface area (Å²) in [5.41, 5.74) is 21.2. The topological polar surface area (TPSA) is 45.2 Å². The normalized spacial score (nSPS) is 15.5. The van der Waals surface area contributed by atoms with Crippen LogP contribution in [0, 0.1) is 0 Å². The molecule has 0 unspecified atom stereocenters. The first-order valence-corrected chi connectivity index (χ1v) is 24.0. The molecule has 1 aromatic heterocycles. The first-order chi connectivity index (χ1) is 33.8. The number of para-hydroxylation sites is 3. The number of aromatic nitrogens is 3. The third-order valence-corrected chi connectivity index (χ3v) is 15.7. The Labute approximate surface area is 403 Å². The van der Waals surface area contributed by atoms with Crippen molar-refractivity contribution in [3.05, 3.63) is 257 Å². The number of benzene rings is 9. The van der Waals surface area contributed by atoms with Crippen molar-refractivity contribution in [3.63, 3.8) is 0 Å². The molecule has 2 aliphatic heterocycles. The molecule has 0 atom stereocenters. The lowest BCUT2D eigenvalue weighted by molar-refractivity contribution is 0.604. The van der Waals surface area contributed by atoms with Crippen LogP contribution in [0.1, 0.15) is 72.2 Å². The van der Waals surface area contributed by atoms with Gasteiger partial charge in [0.2, 0.25) is 5.95 Å². The Hall–Kier alpha value is -8.41. The zero-order valence-corrected chi connectivity index (χ0v) is 38.9. The summed E-state index contributed by atoms with van der Waals surface area (Å²) in [7, 11) is 0. The summed E-state index contributed by atoms with van der Waals surface area (Å²) in [5, 5.41) is 0. The van der Waals surface area contributed by atoms with E-state index in [9.17, 15) is 0 Å². The van der Waals surface area contributed by atoms with Crippen molar-refractivity contribution in [1.82, 2.24) is 15.0 Å². The largest absolute Gasteiger partial charge is 0.310 e. The maximum atomic E-state index is 5.76. The van der Waals surface area contributed by atoms with Gasteiger partial charge in [-0.15, -0.1) is 0 Å². The van der Waals surface area contributed by atoms with Gasteiger partial charge >= 0.3 is 0 Å². The Balaban J connectivity index is 1.07. The van der Waals surface area contributed by atoms with Gasteiger partial charge in [-0.25, -0.2) is 4.98 Å². The van der Waals surface area contributed by atoms with Gasteiger partial charge in [-0.05, 0) is 91.5 Å². The van der Waals surface area contributed by atoms with Gasteiger partial charge < -0.3 is 4.90 Å². The molecule has 9 aromatic carbocycles. The molecule has 0 amide bonds. The fraction of sp³-hybridized carbons (Fsp3) is 0.109. The summed E-state index contributed by atoms with van der Waals surface area (Å²) in [6.45, 7) is 9.49. The van der Waals surface area contributed by atoms with Crippen LogP contribution in [0.2, 0.25) is 0 Å². The van der Waals surface area contributed by atoms with E-state index in [-0.39, 0.29) is 5.41 Å². The fourth-order valence-corrected chi connectivity index (χ4v) is 12.7. The third kappa shape index (κ3) is 5.27. The number of rotatable bonds is 4. The van der Waals surface area contributed by atoms with E-state index in [1.54, 1.807) is 0 Å². The molecule has 328 valence electrons. The molecule has 0 N–H and O–H groups in total. The van der Waals surface area contributed by atoms with Gasteiger partial charge in [-0.2, -0.15) is 9.97 Å². The zero-order chi connectivity index (χ0) is 46.2. The highest BCUT2D eigenvalue weighted by molar-refractivity contribution is 6.00. The summed E-state index contributed by atoms with van der Waals surface area (Å²) < 4.78 is 0. The van der Waals surface area contributed by atoms with Crippen LogP contribution in [0.15, 0.2) is 212 Å². The summed E-state index contributed by atoms with van der Waals surface area (Å²) >= 11 is 0. The lowest BCUT2D eigenvalue weighted by Crippen LogP contribution is -2.37. The van der Waals surface area contributed by atoms with Crippen LogP contribution in [0.4, 0.5) is 34.4 Å². The van der Waals surface area contributed by atoms with Crippen LogP contribution >= 0.6 is 0 Å². The Morgan fingerprint density at radius 3 is 1.49 bits per heavy atom. The average Bonchev–Trinajstić information content (AvgIpc) is 3.87. The first-order valence-electron chi connectivity index (χ1n) is 24.0. The van der Waals surface area contributed by atoms with E-state index in [2.05, 4.69) is 244 Å². The maximum Gasteiger partial charge on any atom is 0.238 e.